The molecule has 0 unspecified atom stereocenters. The monoisotopic (exact) mass is 448 g/mol. The van der Waals surface area contributed by atoms with E-state index in [1.165, 1.54) is 23.9 Å². The third-order valence-corrected chi connectivity index (χ3v) is 6.67. The van der Waals surface area contributed by atoms with Crippen molar-refractivity contribution in [2.75, 3.05) is 44.3 Å². The van der Waals surface area contributed by atoms with Crippen molar-refractivity contribution in [1.29, 1.82) is 0 Å². The van der Waals surface area contributed by atoms with Crippen LogP contribution in [0, 0.1) is 0 Å². The normalized spacial score (nSPS) is 15.1. The molecule has 1 aliphatic heterocycles. The molecule has 30 heavy (non-hydrogen) atoms. The number of rotatable bonds is 6. The maximum atomic E-state index is 12.6. The van der Waals surface area contributed by atoms with Gasteiger partial charge in [-0.2, -0.15) is 0 Å². The third-order valence-electron chi connectivity index (χ3n) is 4.73. The summed E-state index contributed by atoms with van der Waals surface area (Å²) >= 11 is 1.28. The quantitative estimate of drug-likeness (QED) is 0.647. The predicted molar refractivity (Wildman–Crippen MR) is 117 cm³/mol. The highest BCUT2D eigenvalue weighted by Gasteiger charge is 2.20. The summed E-state index contributed by atoms with van der Waals surface area (Å²) in [5, 5.41) is 7.86. The Morgan fingerprint density at radius 2 is 1.60 bits per heavy atom. The van der Waals surface area contributed by atoms with Gasteiger partial charge in [0.15, 0.2) is 0 Å². The Hall–Kier alpha value is -2.40. The lowest BCUT2D eigenvalue weighted by Gasteiger charge is -2.32. The largest absolute Gasteiger partial charge is 0.336 e. The van der Waals surface area contributed by atoms with Gasteiger partial charge in [0.1, 0.15) is 0 Å². The van der Waals surface area contributed by atoms with E-state index in [9.17, 15) is 18.0 Å². The summed E-state index contributed by atoms with van der Waals surface area (Å²) < 4.78 is 22.5. The van der Waals surface area contributed by atoms with E-state index in [4.69, 9.17) is 5.14 Å². The zero-order valence-corrected chi connectivity index (χ0v) is 18.2. The van der Waals surface area contributed by atoms with Gasteiger partial charge in [-0.3, -0.25) is 9.59 Å². The topological polar surface area (TPSA) is 113 Å². The molecular weight excluding hydrogens is 424 g/mol. The number of carbonyl (C=O) groups excluding carboxylic acids is 2. The molecule has 3 N–H and O–H groups in total. The van der Waals surface area contributed by atoms with Crippen LogP contribution >= 0.6 is 11.8 Å². The minimum absolute atomic E-state index is 0.000488. The Morgan fingerprint density at radius 3 is 2.17 bits per heavy atom. The van der Waals surface area contributed by atoms with E-state index >= 15 is 0 Å². The standard InChI is InChI=1S/C20H24N4O4S2/c1-23-10-12-24(13-11-23)20(26)15-2-4-16(5-3-15)22-19(25)14-29-17-6-8-18(9-7-17)30(21,27)28/h2-9H,10-14H2,1H3,(H,22,25)(H2,21,27,28). The van der Waals surface area contributed by atoms with Crippen LogP contribution in [0.3, 0.4) is 0 Å². The van der Waals surface area contributed by atoms with Crippen molar-refractivity contribution in [3.8, 4) is 0 Å². The SMILES string of the molecule is CN1CCN(C(=O)c2ccc(NC(=O)CSc3ccc(S(N)(=O)=O)cc3)cc2)CC1. The molecule has 0 bridgehead atoms. The molecule has 0 radical (unpaired) electrons. The summed E-state index contributed by atoms with van der Waals surface area (Å²) in [6, 6.07) is 12.9. The van der Waals surface area contributed by atoms with Crippen molar-refractivity contribution in [2.45, 2.75) is 9.79 Å². The van der Waals surface area contributed by atoms with Crippen LogP contribution in [-0.2, 0) is 14.8 Å². The molecule has 2 aromatic rings. The Balaban J connectivity index is 1.50. The molecule has 0 atom stereocenters. The number of hydrogen-bond donors (Lipinski definition) is 2. The van der Waals surface area contributed by atoms with Crippen molar-refractivity contribution in [2.24, 2.45) is 5.14 Å². The van der Waals surface area contributed by atoms with Crippen molar-refractivity contribution in [3.05, 3.63) is 54.1 Å². The second kappa shape index (κ2) is 9.61. The van der Waals surface area contributed by atoms with Crippen LogP contribution in [0.1, 0.15) is 10.4 Å². The lowest BCUT2D eigenvalue weighted by Crippen LogP contribution is -2.47. The van der Waals surface area contributed by atoms with E-state index in [0.717, 1.165) is 18.0 Å². The maximum Gasteiger partial charge on any atom is 0.253 e. The molecule has 3 rings (SSSR count). The first-order valence-corrected chi connectivity index (χ1v) is 11.9. The Bertz CT molecular complexity index is 1000. The Morgan fingerprint density at radius 1 is 1.00 bits per heavy atom. The molecule has 1 aliphatic rings. The first-order valence-electron chi connectivity index (χ1n) is 9.36. The smallest absolute Gasteiger partial charge is 0.253 e. The highest BCUT2D eigenvalue weighted by atomic mass is 32.2. The van der Waals surface area contributed by atoms with Crippen LogP contribution in [0.5, 0.6) is 0 Å². The molecular formula is C20H24N4O4S2. The molecule has 1 heterocycles. The molecule has 160 valence electrons. The predicted octanol–water partition coefficient (Wildman–Crippen LogP) is 1.45. The molecule has 0 saturated carbocycles. The van der Waals surface area contributed by atoms with Gasteiger partial charge in [-0.15, -0.1) is 11.8 Å². The number of benzene rings is 2. The fourth-order valence-corrected chi connectivity index (χ4v) is 4.17. The Labute approximate surface area is 180 Å². The average molecular weight is 449 g/mol. The minimum Gasteiger partial charge on any atom is -0.336 e. The van der Waals surface area contributed by atoms with E-state index in [1.807, 2.05) is 11.9 Å². The maximum absolute atomic E-state index is 12.6. The third kappa shape index (κ3) is 6.05. The van der Waals surface area contributed by atoms with Gasteiger partial charge in [-0.05, 0) is 55.6 Å². The molecule has 0 aliphatic carbocycles. The average Bonchev–Trinajstić information content (AvgIpc) is 2.72. The number of likely N-dealkylation sites (N-methyl/N-ethyl adjacent to an activating group) is 1. The summed E-state index contributed by atoms with van der Waals surface area (Å²) in [7, 11) is -1.69. The van der Waals surface area contributed by atoms with Gasteiger partial charge < -0.3 is 15.1 Å². The van der Waals surface area contributed by atoms with Crippen LogP contribution < -0.4 is 10.5 Å². The van der Waals surface area contributed by atoms with Gasteiger partial charge in [-0.25, -0.2) is 13.6 Å². The summed E-state index contributed by atoms with van der Waals surface area (Å²) in [4.78, 5) is 29.6. The second-order valence-electron chi connectivity index (χ2n) is 7.03. The van der Waals surface area contributed by atoms with Gasteiger partial charge >= 0.3 is 0 Å². The number of amides is 2. The zero-order chi connectivity index (χ0) is 21.7. The van der Waals surface area contributed by atoms with Crippen molar-refractivity contribution < 1.29 is 18.0 Å². The number of nitrogens with zero attached hydrogens (tertiary/aromatic N) is 2. The number of sulfonamides is 1. The van der Waals surface area contributed by atoms with Crippen LogP contribution in [0.2, 0.25) is 0 Å². The summed E-state index contributed by atoms with van der Waals surface area (Å²) in [6.07, 6.45) is 0. The fourth-order valence-electron chi connectivity index (χ4n) is 2.96. The number of hydrogen-bond acceptors (Lipinski definition) is 6. The Kier molecular flexibility index (Phi) is 7.14. The lowest BCUT2D eigenvalue weighted by atomic mass is 10.1. The van der Waals surface area contributed by atoms with Crippen molar-refractivity contribution in [1.82, 2.24) is 9.80 Å². The van der Waals surface area contributed by atoms with Gasteiger partial charge in [-0.1, -0.05) is 0 Å². The number of nitrogens with two attached hydrogens (primary N) is 1. The molecule has 0 spiro atoms. The van der Waals surface area contributed by atoms with Crippen LogP contribution in [0.25, 0.3) is 0 Å². The molecule has 2 aromatic carbocycles. The van der Waals surface area contributed by atoms with Gasteiger partial charge in [0, 0.05) is 42.3 Å². The van der Waals surface area contributed by atoms with E-state index < -0.39 is 10.0 Å². The van der Waals surface area contributed by atoms with Gasteiger partial charge in [0.05, 0.1) is 10.6 Å². The second-order valence-corrected chi connectivity index (χ2v) is 9.64. The number of primary sulfonamides is 1. The number of anilines is 1. The number of nitrogens with one attached hydrogen (secondary N) is 1. The van der Waals surface area contributed by atoms with E-state index in [2.05, 4.69) is 10.2 Å². The van der Waals surface area contributed by atoms with Crippen LogP contribution in [-0.4, -0.2) is 69.0 Å². The highest BCUT2D eigenvalue weighted by molar-refractivity contribution is 8.00. The van der Waals surface area contributed by atoms with Gasteiger partial charge in [0.2, 0.25) is 15.9 Å². The fraction of sp³-hybridized carbons (Fsp3) is 0.300. The van der Waals surface area contributed by atoms with Crippen LogP contribution in [0.4, 0.5) is 5.69 Å². The lowest BCUT2D eigenvalue weighted by molar-refractivity contribution is -0.113. The van der Waals surface area contributed by atoms with Gasteiger partial charge in [0.25, 0.3) is 5.91 Å². The first kappa shape index (κ1) is 22.3. The highest BCUT2D eigenvalue weighted by Crippen LogP contribution is 2.20. The molecule has 2 amide bonds. The zero-order valence-electron chi connectivity index (χ0n) is 16.6. The molecule has 1 fully saturated rings. The minimum atomic E-state index is -3.73. The van der Waals surface area contributed by atoms with E-state index in [-0.39, 0.29) is 22.5 Å². The number of piperazine rings is 1. The first-order chi connectivity index (χ1) is 14.2. The van der Waals surface area contributed by atoms with Crippen molar-refractivity contribution in [3.63, 3.8) is 0 Å². The number of thioether (sulfide) groups is 1. The van der Waals surface area contributed by atoms with Crippen molar-refractivity contribution >= 4 is 39.3 Å². The summed E-state index contributed by atoms with van der Waals surface area (Å²) in [6.45, 7) is 3.15. The molecule has 10 heteroatoms. The van der Waals surface area contributed by atoms with Crippen LogP contribution in [0.15, 0.2) is 58.3 Å². The number of carbonyl (C=O) groups is 2. The molecule has 0 aromatic heterocycles. The summed E-state index contributed by atoms with van der Waals surface area (Å²) in [5.74, 6) is -0.0374. The molecule has 1 saturated heterocycles. The summed E-state index contributed by atoms with van der Waals surface area (Å²) in [5.41, 5.74) is 1.21. The molecule has 8 nitrogen and oxygen atoms in total. The van der Waals surface area contributed by atoms with E-state index in [1.54, 1.807) is 36.4 Å². The van der Waals surface area contributed by atoms with E-state index in [0.29, 0.717) is 24.3 Å².